The lowest BCUT2D eigenvalue weighted by Crippen LogP contribution is -2.43. The van der Waals surface area contributed by atoms with E-state index in [0.717, 1.165) is 5.56 Å². The predicted molar refractivity (Wildman–Crippen MR) is 70.5 cm³/mol. The van der Waals surface area contributed by atoms with Gasteiger partial charge in [0, 0.05) is 0 Å². The van der Waals surface area contributed by atoms with Gasteiger partial charge in [-0.1, -0.05) is 46.3 Å². The van der Waals surface area contributed by atoms with Gasteiger partial charge in [0.2, 0.25) is 5.91 Å². The first kappa shape index (κ1) is 13.1. The van der Waals surface area contributed by atoms with Gasteiger partial charge >= 0.3 is 6.09 Å². The molecule has 2 amide bonds. The minimum absolute atomic E-state index is 0.215. The van der Waals surface area contributed by atoms with Gasteiger partial charge in [0.25, 0.3) is 0 Å². The van der Waals surface area contributed by atoms with Gasteiger partial charge < -0.3 is 4.74 Å². The number of hydrogen-bond acceptors (Lipinski definition) is 3. The molecule has 5 heteroatoms. The van der Waals surface area contributed by atoms with Crippen molar-refractivity contribution < 1.29 is 14.3 Å². The average molecular weight is 312 g/mol. The average Bonchev–Trinajstić information content (AvgIpc) is 2.71. The molecular formula is C13H14BrNO3. The minimum Gasteiger partial charge on any atom is -0.447 e. The number of rotatable bonds is 3. The normalized spacial score (nSPS) is 20.7. The Kier molecular flexibility index (Phi) is 4.01. The zero-order valence-electron chi connectivity index (χ0n) is 10.0. The molecule has 2 atom stereocenters. The summed E-state index contributed by atoms with van der Waals surface area (Å²) in [5.41, 5.74) is 1.08. The van der Waals surface area contributed by atoms with E-state index in [1.54, 1.807) is 6.92 Å². The van der Waals surface area contributed by atoms with Crippen LogP contribution in [0.3, 0.4) is 0 Å². The predicted octanol–water partition coefficient (Wildman–Crippen LogP) is 2.36. The van der Waals surface area contributed by atoms with E-state index in [-0.39, 0.29) is 23.4 Å². The molecule has 96 valence electrons. The first-order valence-electron chi connectivity index (χ1n) is 5.77. The van der Waals surface area contributed by atoms with Crippen LogP contribution in [0.5, 0.6) is 0 Å². The fourth-order valence-corrected chi connectivity index (χ4v) is 2.18. The second-order valence-corrected chi connectivity index (χ2v) is 5.62. The summed E-state index contributed by atoms with van der Waals surface area (Å²) >= 11 is 3.19. The van der Waals surface area contributed by atoms with Gasteiger partial charge in [-0.15, -0.1) is 0 Å². The molecular weight excluding hydrogens is 298 g/mol. The fourth-order valence-electron chi connectivity index (χ4n) is 1.96. The van der Waals surface area contributed by atoms with Crippen molar-refractivity contribution in [2.75, 3.05) is 6.61 Å². The van der Waals surface area contributed by atoms with E-state index in [4.69, 9.17) is 4.74 Å². The Morgan fingerprint density at radius 2 is 2.17 bits per heavy atom. The highest BCUT2D eigenvalue weighted by molar-refractivity contribution is 9.10. The molecule has 1 aliphatic heterocycles. The van der Waals surface area contributed by atoms with Crippen molar-refractivity contribution in [2.24, 2.45) is 0 Å². The van der Waals surface area contributed by atoms with E-state index in [2.05, 4.69) is 15.9 Å². The molecule has 4 nitrogen and oxygen atoms in total. The van der Waals surface area contributed by atoms with E-state index in [9.17, 15) is 9.59 Å². The van der Waals surface area contributed by atoms with Crippen molar-refractivity contribution in [3.05, 3.63) is 35.9 Å². The van der Waals surface area contributed by atoms with Crippen molar-refractivity contribution in [3.8, 4) is 0 Å². The first-order chi connectivity index (χ1) is 8.59. The Hall–Kier alpha value is -1.36. The monoisotopic (exact) mass is 311 g/mol. The molecule has 1 saturated heterocycles. The molecule has 0 radical (unpaired) electrons. The molecule has 1 aromatic rings. The van der Waals surface area contributed by atoms with E-state index in [1.807, 2.05) is 30.3 Å². The number of ether oxygens (including phenoxy) is 1. The molecule has 2 rings (SSSR count). The first-order valence-corrected chi connectivity index (χ1v) is 6.69. The second kappa shape index (κ2) is 5.52. The largest absolute Gasteiger partial charge is 0.447 e. The Balaban J connectivity index is 2.12. The highest BCUT2D eigenvalue weighted by atomic mass is 79.9. The van der Waals surface area contributed by atoms with E-state index < -0.39 is 6.09 Å². The van der Waals surface area contributed by atoms with Crippen LogP contribution in [0, 0.1) is 0 Å². The number of amides is 2. The molecule has 1 heterocycles. The molecule has 0 N–H and O–H groups in total. The highest BCUT2D eigenvalue weighted by Crippen LogP contribution is 2.19. The fraction of sp³-hybridized carbons (Fsp3) is 0.385. The van der Waals surface area contributed by atoms with Gasteiger partial charge in [0.05, 0.1) is 10.9 Å². The Morgan fingerprint density at radius 1 is 1.50 bits per heavy atom. The Labute approximate surface area is 114 Å². The van der Waals surface area contributed by atoms with Gasteiger partial charge in [-0.05, 0) is 18.9 Å². The topological polar surface area (TPSA) is 46.6 Å². The second-order valence-electron chi connectivity index (χ2n) is 4.24. The SMILES string of the molecule is C[C@H](Br)C(=O)N1C(=O)OC[C@@H]1Cc1ccccc1. The van der Waals surface area contributed by atoms with Gasteiger partial charge in [0.15, 0.2) is 0 Å². The highest BCUT2D eigenvalue weighted by Gasteiger charge is 2.38. The van der Waals surface area contributed by atoms with Crippen LogP contribution < -0.4 is 0 Å². The molecule has 0 spiro atoms. The van der Waals surface area contributed by atoms with Crippen molar-refractivity contribution in [2.45, 2.75) is 24.2 Å². The molecule has 1 aliphatic rings. The lowest BCUT2D eigenvalue weighted by Gasteiger charge is -2.20. The summed E-state index contributed by atoms with van der Waals surface area (Å²) in [6, 6.07) is 9.54. The summed E-state index contributed by atoms with van der Waals surface area (Å²) in [5, 5.41) is 0. The van der Waals surface area contributed by atoms with Crippen molar-refractivity contribution in [1.29, 1.82) is 0 Å². The Bertz CT molecular complexity index is 447. The summed E-state index contributed by atoms with van der Waals surface area (Å²) < 4.78 is 4.97. The molecule has 0 saturated carbocycles. The molecule has 0 unspecified atom stereocenters. The standard InChI is InChI=1S/C13H14BrNO3/c1-9(14)12(16)15-11(8-18-13(15)17)7-10-5-3-2-4-6-10/h2-6,9,11H,7-8H2,1H3/t9-,11-/m0/s1. The van der Waals surface area contributed by atoms with Crippen LogP contribution in [-0.2, 0) is 16.0 Å². The third-order valence-corrected chi connectivity index (χ3v) is 3.24. The molecule has 0 aromatic heterocycles. The van der Waals surface area contributed by atoms with E-state index >= 15 is 0 Å². The van der Waals surface area contributed by atoms with Crippen molar-refractivity contribution in [3.63, 3.8) is 0 Å². The third-order valence-electron chi connectivity index (χ3n) is 2.85. The summed E-state index contributed by atoms with van der Waals surface area (Å²) in [5.74, 6) is -0.251. The van der Waals surface area contributed by atoms with Gasteiger partial charge in [-0.3, -0.25) is 4.79 Å². The van der Waals surface area contributed by atoms with Crippen molar-refractivity contribution in [1.82, 2.24) is 4.90 Å². The number of benzene rings is 1. The number of carbonyl (C=O) groups is 2. The zero-order chi connectivity index (χ0) is 13.1. The van der Waals surface area contributed by atoms with Crippen LogP contribution in [0.15, 0.2) is 30.3 Å². The summed E-state index contributed by atoms with van der Waals surface area (Å²) in [6.07, 6.45) is 0.0742. The van der Waals surface area contributed by atoms with Crippen LogP contribution in [0.1, 0.15) is 12.5 Å². The third kappa shape index (κ3) is 2.72. The lowest BCUT2D eigenvalue weighted by molar-refractivity contribution is -0.128. The van der Waals surface area contributed by atoms with Crippen molar-refractivity contribution >= 4 is 27.9 Å². The molecule has 1 aromatic carbocycles. The summed E-state index contributed by atoms with van der Waals surface area (Å²) in [4.78, 5) is 24.3. The van der Waals surface area contributed by atoms with Gasteiger partial charge in [-0.25, -0.2) is 9.69 Å². The quantitative estimate of drug-likeness (QED) is 0.805. The lowest BCUT2D eigenvalue weighted by atomic mass is 10.1. The zero-order valence-corrected chi connectivity index (χ0v) is 11.6. The molecule has 0 aliphatic carbocycles. The number of cyclic esters (lactones) is 1. The number of hydrogen-bond donors (Lipinski definition) is 0. The maximum Gasteiger partial charge on any atom is 0.417 e. The number of carbonyl (C=O) groups excluding carboxylic acids is 2. The van der Waals surface area contributed by atoms with Crippen LogP contribution in [0.25, 0.3) is 0 Å². The molecule has 0 bridgehead atoms. The van der Waals surface area contributed by atoms with E-state index in [1.165, 1.54) is 4.90 Å². The van der Waals surface area contributed by atoms with E-state index in [0.29, 0.717) is 6.42 Å². The molecule has 18 heavy (non-hydrogen) atoms. The minimum atomic E-state index is -0.549. The summed E-state index contributed by atoms with van der Waals surface area (Å²) in [7, 11) is 0. The molecule has 1 fully saturated rings. The van der Waals surface area contributed by atoms with Gasteiger partial charge in [-0.2, -0.15) is 0 Å². The number of alkyl halides is 1. The smallest absolute Gasteiger partial charge is 0.417 e. The van der Waals surface area contributed by atoms with Crippen LogP contribution in [0.4, 0.5) is 4.79 Å². The number of imide groups is 1. The van der Waals surface area contributed by atoms with Crippen LogP contribution in [-0.4, -0.2) is 34.4 Å². The number of halogens is 1. The summed E-state index contributed by atoms with van der Waals surface area (Å²) in [6.45, 7) is 1.96. The van der Waals surface area contributed by atoms with Gasteiger partial charge in [0.1, 0.15) is 6.61 Å². The number of nitrogens with zero attached hydrogens (tertiary/aromatic N) is 1. The maximum atomic E-state index is 11.9. The maximum absolute atomic E-state index is 11.9. The van der Waals surface area contributed by atoms with Crippen LogP contribution >= 0.6 is 15.9 Å². The Morgan fingerprint density at radius 3 is 2.78 bits per heavy atom. The van der Waals surface area contributed by atoms with Crippen LogP contribution in [0.2, 0.25) is 0 Å².